The minimum Gasteiger partial charge on any atom is -0.458 e. The van der Waals surface area contributed by atoms with E-state index in [0.29, 0.717) is 5.57 Å². The van der Waals surface area contributed by atoms with Crippen LogP contribution in [0, 0.1) is 17.8 Å². The van der Waals surface area contributed by atoms with Crippen LogP contribution >= 0.6 is 0 Å². The molecule has 142 valence electrons. The van der Waals surface area contributed by atoms with Crippen molar-refractivity contribution in [2.45, 2.75) is 43.7 Å². The number of carbonyl (C=O) groups excluding carboxylic acids is 2. The molecule has 0 spiro atoms. The zero-order chi connectivity index (χ0) is 19.4. The molecular formula is C19H24O7. The fourth-order valence-corrected chi connectivity index (χ4v) is 4.51. The summed E-state index contributed by atoms with van der Waals surface area (Å²) < 4.78 is 11.0. The minimum absolute atomic E-state index is 0.102. The van der Waals surface area contributed by atoms with E-state index in [9.17, 15) is 19.8 Å². The van der Waals surface area contributed by atoms with Crippen molar-refractivity contribution in [1.29, 1.82) is 0 Å². The lowest BCUT2D eigenvalue weighted by atomic mass is 9.76. The van der Waals surface area contributed by atoms with Crippen molar-refractivity contribution in [3.63, 3.8) is 0 Å². The van der Waals surface area contributed by atoms with Crippen molar-refractivity contribution >= 4 is 11.9 Å². The molecule has 0 amide bonds. The molecule has 7 atom stereocenters. The highest BCUT2D eigenvalue weighted by atomic mass is 16.6. The number of aliphatic hydroxyl groups excluding tert-OH is 2. The van der Waals surface area contributed by atoms with Gasteiger partial charge in [-0.1, -0.05) is 25.3 Å². The van der Waals surface area contributed by atoms with Crippen LogP contribution in [0.2, 0.25) is 0 Å². The van der Waals surface area contributed by atoms with Crippen molar-refractivity contribution in [3.05, 3.63) is 36.5 Å². The molecule has 2 saturated carbocycles. The molecule has 3 aliphatic rings. The Balaban J connectivity index is 1.99. The minimum atomic E-state index is -1.48. The van der Waals surface area contributed by atoms with Gasteiger partial charge < -0.3 is 24.8 Å². The smallest absolute Gasteiger partial charge is 0.336 e. The molecule has 3 rings (SSSR count). The number of fused-ring (bicyclic) bond motifs is 3. The second-order valence-electron chi connectivity index (χ2n) is 7.60. The molecule has 0 aromatic heterocycles. The number of aliphatic hydroxyl groups is 3. The fraction of sp³-hybridized carbons (Fsp3) is 0.579. The van der Waals surface area contributed by atoms with Crippen LogP contribution in [0.4, 0.5) is 0 Å². The van der Waals surface area contributed by atoms with Crippen LogP contribution in [-0.4, -0.2) is 57.8 Å². The Labute approximate surface area is 151 Å². The SMILES string of the molecule is C=C(CO)C(=O)OC1CC(=C)C2CC(O)C(C)(O)C2C2OC(=O)C(=C)C12. The zero-order valence-electron chi connectivity index (χ0n) is 14.7. The maximum absolute atomic E-state index is 12.2. The molecular weight excluding hydrogens is 340 g/mol. The van der Waals surface area contributed by atoms with E-state index >= 15 is 0 Å². The van der Waals surface area contributed by atoms with Crippen LogP contribution in [0.5, 0.6) is 0 Å². The predicted octanol–water partition coefficient (Wildman–Crippen LogP) is 0.252. The van der Waals surface area contributed by atoms with Crippen LogP contribution in [-0.2, 0) is 19.1 Å². The first-order valence-corrected chi connectivity index (χ1v) is 8.57. The Hall–Kier alpha value is -1.96. The van der Waals surface area contributed by atoms with Gasteiger partial charge in [0.15, 0.2) is 0 Å². The Morgan fingerprint density at radius 2 is 2.08 bits per heavy atom. The van der Waals surface area contributed by atoms with Crippen LogP contribution in [0.3, 0.4) is 0 Å². The van der Waals surface area contributed by atoms with E-state index in [-0.39, 0.29) is 29.9 Å². The first-order valence-electron chi connectivity index (χ1n) is 8.57. The van der Waals surface area contributed by atoms with Crippen LogP contribution in [0.15, 0.2) is 36.5 Å². The second-order valence-corrected chi connectivity index (χ2v) is 7.60. The van der Waals surface area contributed by atoms with E-state index in [1.165, 1.54) is 6.92 Å². The molecule has 2 aliphatic carbocycles. The van der Waals surface area contributed by atoms with Crippen LogP contribution in [0.1, 0.15) is 19.8 Å². The van der Waals surface area contributed by atoms with E-state index < -0.39 is 54.3 Å². The maximum Gasteiger partial charge on any atom is 0.336 e. The first kappa shape index (κ1) is 18.8. The van der Waals surface area contributed by atoms with Gasteiger partial charge in [0, 0.05) is 17.9 Å². The molecule has 1 heterocycles. The largest absolute Gasteiger partial charge is 0.458 e. The summed E-state index contributed by atoms with van der Waals surface area (Å²) in [5.41, 5.74) is -0.713. The average molecular weight is 364 g/mol. The van der Waals surface area contributed by atoms with E-state index in [1.54, 1.807) is 0 Å². The molecule has 0 radical (unpaired) electrons. The third-order valence-corrected chi connectivity index (χ3v) is 6.00. The predicted molar refractivity (Wildman–Crippen MR) is 90.6 cm³/mol. The molecule has 7 heteroatoms. The summed E-state index contributed by atoms with van der Waals surface area (Å²) >= 11 is 0. The third-order valence-electron chi connectivity index (χ3n) is 6.00. The Bertz CT molecular complexity index is 692. The number of ether oxygens (including phenoxy) is 2. The summed E-state index contributed by atoms with van der Waals surface area (Å²) in [4.78, 5) is 24.3. The van der Waals surface area contributed by atoms with E-state index in [1.807, 2.05) is 0 Å². The van der Waals surface area contributed by atoms with Gasteiger partial charge in [0.2, 0.25) is 0 Å². The molecule has 1 aliphatic heterocycles. The topological polar surface area (TPSA) is 113 Å². The lowest BCUT2D eigenvalue weighted by Gasteiger charge is -2.35. The molecule has 3 fully saturated rings. The maximum atomic E-state index is 12.2. The van der Waals surface area contributed by atoms with Gasteiger partial charge in [-0.05, 0) is 19.3 Å². The highest BCUT2D eigenvalue weighted by Gasteiger charge is 2.62. The van der Waals surface area contributed by atoms with Gasteiger partial charge >= 0.3 is 11.9 Å². The molecule has 3 N–H and O–H groups in total. The molecule has 26 heavy (non-hydrogen) atoms. The van der Waals surface area contributed by atoms with E-state index in [0.717, 1.165) is 0 Å². The Morgan fingerprint density at radius 1 is 1.42 bits per heavy atom. The molecule has 7 unspecified atom stereocenters. The number of esters is 2. The van der Waals surface area contributed by atoms with Crippen molar-refractivity contribution in [2.75, 3.05) is 6.61 Å². The van der Waals surface area contributed by atoms with E-state index in [4.69, 9.17) is 14.6 Å². The molecule has 0 aromatic rings. The van der Waals surface area contributed by atoms with Gasteiger partial charge in [-0.15, -0.1) is 0 Å². The van der Waals surface area contributed by atoms with Gasteiger partial charge in [0.05, 0.1) is 29.8 Å². The first-order chi connectivity index (χ1) is 12.1. The average Bonchev–Trinajstić information content (AvgIpc) is 2.94. The normalized spacial score (nSPS) is 41.9. The molecule has 1 saturated heterocycles. The summed E-state index contributed by atoms with van der Waals surface area (Å²) in [5, 5.41) is 30.2. The third kappa shape index (κ3) is 2.71. The fourth-order valence-electron chi connectivity index (χ4n) is 4.51. The van der Waals surface area contributed by atoms with Crippen LogP contribution < -0.4 is 0 Å². The van der Waals surface area contributed by atoms with Crippen molar-refractivity contribution in [1.82, 2.24) is 0 Å². The zero-order valence-corrected chi connectivity index (χ0v) is 14.7. The number of rotatable bonds is 3. The number of hydrogen-bond donors (Lipinski definition) is 3. The van der Waals surface area contributed by atoms with Gasteiger partial charge in [-0.25, -0.2) is 9.59 Å². The lowest BCUT2D eigenvalue weighted by Crippen LogP contribution is -2.48. The summed E-state index contributed by atoms with van der Waals surface area (Å²) in [5.74, 6) is -2.90. The quantitative estimate of drug-likeness (QED) is 0.374. The summed E-state index contributed by atoms with van der Waals surface area (Å²) in [6, 6.07) is 0. The summed E-state index contributed by atoms with van der Waals surface area (Å²) in [7, 11) is 0. The number of hydrogen-bond acceptors (Lipinski definition) is 7. The van der Waals surface area contributed by atoms with Crippen molar-refractivity contribution in [3.8, 4) is 0 Å². The van der Waals surface area contributed by atoms with Gasteiger partial charge in [-0.2, -0.15) is 0 Å². The van der Waals surface area contributed by atoms with Crippen LogP contribution in [0.25, 0.3) is 0 Å². The monoisotopic (exact) mass is 364 g/mol. The van der Waals surface area contributed by atoms with Crippen molar-refractivity contribution in [2.24, 2.45) is 17.8 Å². The molecule has 0 bridgehead atoms. The van der Waals surface area contributed by atoms with E-state index in [2.05, 4.69) is 19.7 Å². The Kier molecular flexibility index (Phi) is 4.58. The Morgan fingerprint density at radius 3 is 2.69 bits per heavy atom. The van der Waals surface area contributed by atoms with Gasteiger partial charge in [0.1, 0.15) is 12.2 Å². The van der Waals surface area contributed by atoms with Crippen molar-refractivity contribution < 1.29 is 34.4 Å². The summed E-state index contributed by atoms with van der Waals surface area (Å²) in [6.45, 7) is 12.3. The summed E-state index contributed by atoms with van der Waals surface area (Å²) in [6.07, 6.45) is -2.01. The standard InChI is InChI=1S/C19H24O7/c1-8-5-12(25-17(22)9(2)7-20)14-10(3)18(23)26-16(14)15-11(8)6-13(21)19(15,4)24/h11-16,20-21,24H,1-3,5-7H2,4H3. The molecule has 7 nitrogen and oxygen atoms in total. The van der Waals surface area contributed by atoms with Gasteiger partial charge in [0.25, 0.3) is 0 Å². The highest BCUT2D eigenvalue weighted by molar-refractivity contribution is 5.92. The second kappa shape index (κ2) is 6.33. The lowest BCUT2D eigenvalue weighted by molar-refractivity contribution is -0.155. The number of carbonyl (C=O) groups is 2. The van der Waals surface area contributed by atoms with Gasteiger partial charge in [-0.3, -0.25) is 0 Å². The highest BCUT2D eigenvalue weighted by Crippen LogP contribution is 2.54. The molecule has 0 aromatic carbocycles.